The molecule has 0 spiro atoms. The van der Waals surface area contributed by atoms with Crippen LogP contribution in [0, 0.1) is 0 Å². The lowest BCUT2D eigenvalue weighted by molar-refractivity contribution is 0.687. The number of aromatic nitrogens is 1. The van der Waals surface area contributed by atoms with Crippen LogP contribution in [0.1, 0.15) is 55.2 Å². The van der Waals surface area contributed by atoms with Crippen LogP contribution < -0.4 is 5.73 Å². The number of aryl methyl sites for hydroxylation is 2. The Hall–Kier alpha value is -0.410. The van der Waals surface area contributed by atoms with Gasteiger partial charge < -0.3 is 5.73 Å². The molecule has 0 aliphatic heterocycles. The van der Waals surface area contributed by atoms with Crippen molar-refractivity contribution < 1.29 is 0 Å². The summed E-state index contributed by atoms with van der Waals surface area (Å²) in [5.74, 6) is 0. The Balaban J connectivity index is 2.88. The third-order valence-electron chi connectivity index (χ3n) is 2.36. The Kier molecular flexibility index (Phi) is 4.55. The molecule has 1 aromatic heterocycles. The molecule has 1 heterocycles. The van der Waals surface area contributed by atoms with Gasteiger partial charge in [0.25, 0.3) is 0 Å². The van der Waals surface area contributed by atoms with E-state index >= 15 is 0 Å². The second-order valence-corrected chi connectivity index (χ2v) is 4.66. The van der Waals surface area contributed by atoms with Crippen molar-refractivity contribution in [3.05, 3.63) is 15.6 Å². The van der Waals surface area contributed by atoms with Gasteiger partial charge in [0.1, 0.15) is 5.01 Å². The van der Waals surface area contributed by atoms with E-state index in [1.807, 2.05) is 0 Å². The summed E-state index contributed by atoms with van der Waals surface area (Å²) in [6.45, 7) is 6.49. The van der Waals surface area contributed by atoms with E-state index in [9.17, 15) is 0 Å². The number of nitrogens with zero attached hydrogens (tertiary/aromatic N) is 1. The highest BCUT2D eigenvalue weighted by atomic mass is 32.1. The average molecular weight is 212 g/mol. The first kappa shape index (κ1) is 11.7. The molecule has 0 saturated heterocycles. The standard InChI is InChI=1S/C11H20N2S/c1-4-7-9-10(6-3)14-11(13-9)8(12)5-2/h8H,4-7,12H2,1-3H3. The van der Waals surface area contributed by atoms with Crippen LogP contribution in [-0.4, -0.2) is 4.98 Å². The number of rotatable bonds is 5. The van der Waals surface area contributed by atoms with E-state index in [1.165, 1.54) is 10.6 Å². The predicted molar refractivity (Wildman–Crippen MR) is 62.7 cm³/mol. The van der Waals surface area contributed by atoms with Crippen molar-refractivity contribution in [2.75, 3.05) is 0 Å². The van der Waals surface area contributed by atoms with Gasteiger partial charge in [-0.2, -0.15) is 0 Å². The van der Waals surface area contributed by atoms with Gasteiger partial charge in [0.2, 0.25) is 0 Å². The number of hydrogen-bond acceptors (Lipinski definition) is 3. The second-order valence-electron chi connectivity index (χ2n) is 3.54. The van der Waals surface area contributed by atoms with Crippen LogP contribution in [0.4, 0.5) is 0 Å². The van der Waals surface area contributed by atoms with Gasteiger partial charge in [-0.3, -0.25) is 0 Å². The lowest BCUT2D eigenvalue weighted by Crippen LogP contribution is -2.08. The summed E-state index contributed by atoms with van der Waals surface area (Å²) in [5.41, 5.74) is 7.25. The molecule has 2 nitrogen and oxygen atoms in total. The van der Waals surface area contributed by atoms with Crippen LogP contribution in [0.25, 0.3) is 0 Å². The van der Waals surface area contributed by atoms with Gasteiger partial charge in [-0.25, -0.2) is 4.98 Å². The van der Waals surface area contributed by atoms with Crippen LogP contribution in [0.15, 0.2) is 0 Å². The molecule has 2 N–H and O–H groups in total. The average Bonchev–Trinajstić information content (AvgIpc) is 2.60. The van der Waals surface area contributed by atoms with Gasteiger partial charge in [0.05, 0.1) is 11.7 Å². The molecule has 0 aliphatic rings. The van der Waals surface area contributed by atoms with E-state index in [1.54, 1.807) is 11.3 Å². The summed E-state index contributed by atoms with van der Waals surface area (Å²) >= 11 is 1.80. The van der Waals surface area contributed by atoms with E-state index in [2.05, 4.69) is 25.8 Å². The van der Waals surface area contributed by atoms with Crippen molar-refractivity contribution in [3.63, 3.8) is 0 Å². The van der Waals surface area contributed by atoms with Crippen molar-refractivity contribution in [1.29, 1.82) is 0 Å². The maximum Gasteiger partial charge on any atom is 0.110 e. The van der Waals surface area contributed by atoms with E-state index in [0.717, 1.165) is 30.7 Å². The fraction of sp³-hybridized carbons (Fsp3) is 0.727. The highest BCUT2D eigenvalue weighted by molar-refractivity contribution is 7.11. The Labute approximate surface area is 90.6 Å². The van der Waals surface area contributed by atoms with Crippen LogP contribution in [0.5, 0.6) is 0 Å². The minimum absolute atomic E-state index is 0.135. The number of nitrogens with two attached hydrogens (primary N) is 1. The van der Waals surface area contributed by atoms with Gasteiger partial charge in [-0.05, 0) is 19.3 Å². The maximum absolute atomic E-state index is 5.98. The SMILES string of the molecule is CCCc1nc(C(N)CC)sc1CC. The topological polar surface area (TPSA) is 38.9 Å². The summed E-state index contributed by atoms with van der Waals surface area (Å²) in [7, 11) is 0. The first-order valence-electron chi connectivity index (χ1n) is 5.46. The zero-order chi connectivity index (χ0) is 10.6. The summed E-state index contributed by atoms with van der Waals surface area (Å²) < 4.78 is 0. The quantitative estimate of drug-likeness (QED) is 0.814. The Bertz CT molecular complexity index is 281. The molecule has 0 saturated carbocycles. The van der Waals surface area contributed by atoms with Crippen molar-refractivity contribution in [1.82, 2.24) is 4.98 Å². The molecule has 1 atom stereocenters. The molecule has 14 heavy (non-hydrogen) atoms. The summed E-state index contributed by atoms with van der Waals surface area (Å²) in [4.78, 5) is 6.06. The molecule has 1 rings (SSSR count). The molecule has 1 aromatic rings. The monoisotopic (exact) mass is 212 g/mol. The molecule has 0 aliphatic carbocycles. The summed E-state index contributed by atoms with van der Waals surface area (Å²) in [6, 6.07) is 0.135. The van der Waals surface area contributed by atoms with E-state index < -0.39 is 0 Å². The lowest BCUT2D eigenvalue weighted by Gasteiger charge is -2.02. The van der Waals surface area contributed by atoms with Gasteiger partial charge in [0, 0.05) is 4.88 Å². The van der Waals surface area contributed by atoms with Gasteiger partial charge >= 0.3 is 0 Å². The van der Waals surface area contributed by atoms with Crippen molar-refractivity contribution in [2.24, 2.45) is 5.73 Å². The molecule has 0 radical (unpaired) electrons. The first-order chi connectivity index (χ1) is 6.72. The zero-order valence-corrected chi connectivity index (χ0v) is 10.2. The van der Waals surface area contributed by atoms with Crippen LogP contribution >= 0.6 is 11.3 Å². The molecular weight excluding hydrogens is 192 g/mol. The lowest BCUT2D eigenvalue weighted by atomic mass is 10.2. The highest BCUT2D eigenvalue weighted by Gasteiger charge is 2.13. The Morgan fingerprint density at radius 1 is 1.36 bits per heavy atom. The fourth-order valence-electron chi connectivity index (χ4n) is 1.44. The largest absolute Gasteiger partial charge is 0.322 e. The van der Waals surface area contributed by atoms with E-state index in [4.69, 9.17) is 5.73 Å². The third kappa shape index (κ3) is 2.55. The van der Waals surface area contributed by atoms with Crippen molar-refractivity contribution >= 4 is 11.3 Å². The molecular formula is C11H20N2S. The minimum Gasteiger partial charge on any atom is -0.322 e. The molecule has 1 unspecified atom stereocenters. The molecule has 80 valence electrons. The Morgan fingerprint density at radius 2 is 2.07 bits per heavy atom. The first-order valence-corrected chi connectivity index (χ1v) is 6.28. The second kappa shape index (κ2) is 5.47. The van der Waals surface area contributed by atoms with Gasteiger partial charge in [0.15, 0.2) is 0 Å². The smallest absolute Gasteiger partial charge is 0.110 e. The fourth-order valence-corrected chi connectivity index (χ4v) is 2.58. The normalized spacial score (nSPS) is 13.1. The molecule has 0 amide bonds. The third-order valence-corrected chi connectivity index (χ3v) is 3.73. The van der Waals surface area contributed by atoms with Crippen LogP contribution in [0.3, 0.4) is 0 Å². The summed E-state index contributed by atoms with van der Waals surface area (Å²) in [6.07, 6.45) is 4.32. The van der Waals surface area contributed by atoms with Crippen molar-refractivity contribution in [3.8, 4) is 0 Å². The molecule has 0 aromatic carbocycles. The van der Waals surface area contributed by atoms with Crippen LogP contribution in [-0.2, 0) is 12.8 Å². The maximum atomic E-state index is 5.98. The highest BCUT2D eigenvalue weighted by Crippen LogP contribution is 2.25. The minimum atomic E-state index is 0.135. The molecule has 0 bridgehead atoms. The van der Waals surface area contributed by atoms with Crippen molar-refractivity contribution in [2.45, 2.75) is 52.5 Å². The number of hydrogen-bond donors (Lipinski definition) is 1. The molecule has 0 fully saturated rings. The predicted octanol–water partition coefficient (Wildman–Crippen LogP) is 3.07. The Morgan fingerprint density at radius 3 is 2.57 bits per heavy atom. The van der Waals surface area contributed by atoms with Gasteiger partial charge in [-0.15, -0.1) is 11.3 Å². The van der Waals surface area contributed by atoms with E-state index in [-0.39, 0.29) is 6.04 Å². The van der Waals surface area contributed by atoms with E-state index in [0.29, 0.717) is 0 Å². The number of thiazole rings is 1. The zero-order valence-electron chi connectivity index (χ0n) is 9.34. The van der Waals surface area contributed by atoms with Gasteiger partial charge in [-0.1, -0.05) is 27.2 Å². The van der Waals surface area contributed by atoms with Crippen LogP contribution in [0.2, 0.25) is 0 Å². The summed E-state index contributed by atoms with van der Waals surface area (Å²) in [5, 5.41) is 1.12. The molecule has 3 heteroatoms.